The zero-order chi connectivity index (χ0) is 13.1. The van der Waals surface area contributed by atoms with E-state index in [9.17, 15) is 0 Å². The molecule has 1 aromatic heterocycles. The van der Waals surface area contributed by atoms with Crippen LogP contribution < -0.4 is 5.73 Å². The van der Waals surface area contributed by atoms with Gasteiger partial charge < -0.3 is 5.73 Å². The van der Waals surface area contributed by atoms with Gasteiger partial charge in [-0.3, -0.25) is 4.68 Å². The molecule has 18 heavy (non-hydrogen) atoms. The van der Waals surface area contributed by atoms with Gasteiger partial charge in [-0.15, -0.1) is 0 Å². The summed E-state index contributed by atoms with van der Waals surface area (Å²) in [5.74, 6) is 0. The minimum Gasteiger partial charge on any atom is -0.326 e. The number of halogens is 1. The first-order valence-corrected chi connectivity index (χ1v) is 6.93. The molecule has 0 fully saturated rings. The smallest absolute Gasteiger partial charge is 0.0919 e. The minimum atomic E-state index is 0.0543. The van der Waals surface area contributed by atoms with Gasteiger partial charge in [-0.1, -0.05) is 36.8 Å². The van der Waals surface area contributed by atoms with E-state index in [1.54, 1.807) is 6.20 Å². The number of hydrogen-bond acceptors (Lipinski definition) is 2. The number of nitrogens with two attached hydrogens (primary N) is 1. The van der Waals surface area contributed by atoms with Gasteiger partial charge in [-0.25, -0.2) is 0 Å². The molecule has 0 radical (unpaired) electrons. The maximum atomic E-state index is 6.26. The standard InChI is InChI=1S/C14H18BrN3/c1-3-13(16)14(18-9-12(15)8-17-18)11-6-4-5-10(2)7-11/h4-9,13-14H,3,16H2,1-2H3. The van der Waals surface area contributed by atoms with Crippen molar-refractivity contribution in [2.45, 2.75) is 32.4 Å². The number of benzene rings is 1. The molecule has 0 saturated carbocycles. The van der Waals surface area contributed by atoms with E-state index in [0.717, 1.165) is 10.9 Å². The van der Waals surface area contributed by atoms with Gasteiger partial charge in [0.2, 0.25) is 0 Å². The Labute approximate surface area is 116 Å². The Kier molecular flexibility index (Phi) is 4.19. The van der Waals surface area contributed by atoms with Crippen LogP contribution in [0.4, 0.5) is 0 Å². The van der Waals surface area contributed by atoms with Crippen molar-refractivity contribution >= 4 is 15.9 Å². The van der Waals surface area contributed by atoms with Crippen LogP contribution in [-0.4, -0.2) is 15.8 Å². The van der Waals surface area contributed by atoms with Gasteiger partial charge in [0.1, 0.15) is 0 Å². The first-order valence-electron chi connectivity index (χ1n) is 6.13. The largest absolute Gasteiger partial charge is 0.326 e. The summed E-state index contributed by atoms with van der Waals surface area (Å²) < 4.78 is 2.91. The molecule has 96 valence electrons. The first kappa shape index (κ1) is 13.3. The Hall–Kier alpha value is -1.13. The number of hydrogen-bond donors (Lipinski definition) is 1. The fourth-order valence-electron chi connectivity index (χ4n) is 2.14. The SMILES string of the molecule is CCC(N)C(c1cccc(C)c1)n1cc(Br)cn1. The van der Waals surface area contributed by atoms with Crippen LogP contribution in [0.3, 0.4) is 0 Å². The monoisotopic (exact) mass is 307 g/mol. The molecule has 3 nitrogen and oxygen atoms in total. The highest BCUT2D eigenvalue weighted by Crippen LogP contribution is 2.24. The fraction of sp³-hybridized carbons (Fsp3) is 0.357. The molecule has 1 heterocycles. The molecule has 0 aliphatic carbocycles. The van der Waals surface area contributed by atoms with Crippen LogP contribution in [0.1, 0.15) is 30.5 Å². The molecular formula is C14H18BrN3. The maximum Gasteiger partial charge on any atom is 0.0919 e. The van der Waals surface area contributed by atoms with Crippen LogP contribution in [0.2, 0.25) is 0 Å². The summed E-state index contributed by atoms with van der Waals surface area (Å²) in [6.45, 7) is 4.20. The molecule has 1 aromatic carbocycles. The fourth-order valence-corrected chi connectivity index (χ4v) is 2.44. The van der Waals surface area contributed by atoms with Gasteiger partial charge in [0.15, 0.2) is 0 Å². The molecule has 2 atom stereocenters. The molecule has 0 aliphatic heterocycles. The zero-order valence-corrected chi connectivity index (χ0v) is 12.3. The summed E-state index contributed by atoms with van der Waals surface area (Å²) in [6, 6.07) is 8.59. The van der Waals surface area contributed by atoms with Crippen LogP contribution >= 0.6 is 15.9 Å². The summed E-state index contributed by atoms with van der Waals surface area (Å²) in [6.07, 6.45) is 4.68. The molecule has 4 heteroatoms. The average molecular weight is 308 g/mol. The second-order valence-electron chi connectivity index (χ2n) is 4.57. The predicted molar refractivity (Wildman–Crippen MR) is 77.5 cm³/mol. The van der Waals surface area contributed by atoms with Crippen molar-refractivity contribution in [2.24, 2.45) is 5.73 Å². The van der Waals surface area contributed by atoms with Crippen LogP contribution in [0, 0.1) is 6.92 Å². The highest BCUT2D eigenvalue weighted by molar-refractivity contribution is 9.10. The van der Waals surface area contributed by atoms with Crippen molar-refractivity contribution in [1.82, 2.24) is 9.78 Å². The summed E-state index contributed by atoms with van der Waals surface area (Å²) in [7, 11) is 0. The topological polar surface area (TPSA) is 43.8 Å². The summed E-state index contributed by atoms with van der Waals surface area (Å²) >= 11 is 3.43. The number of aromatic nitrogens is 2. The third-order valence-electron chi connectivity index (χ3n) is 3.12. The van der Waals surface area contributed by atoms with Crippen molar-refractivity contribution in [1.29, 1.82) is 0 Å². The lowest BCUT2D eigenvalue weighted by Gasteiger charge is -2.24. The van der Waals surface area contributed by atoms with E-state index in [1.807, 2.05) is 10.9 Å². The summed E-state index contributed by atoms with van der Waals surface area (Å²) in [4.78, 5) is 0. The zero-order valence-electron chi connectivity index (χ0n) is 10.7. The first-order chi connectivity index (χ1) is 8.61. The Balaban J connectivity index is 2.43. The maximum absolute atomic E-state index is 6.26. The second-order valence-corrected chi connectivity index (χ2v) is 5.49. The molecule has 0 spiro atoms. The number of aryl methyl sites for hydroxylation is 1. The quantitative estimate of drug-likeness (QED) is 0.942. The molecule has 2 unspecified atom stereocenters. The normalized spacial score (nSPS) is 14.4. The third-order valence-corrected chi connectivity index (χ3v) is 3.53. The van der Waals surface area contributed by atoms with E-state index in [0.29, 0.717) is 0 Å². The van der Waals surface area contributed by atoms with E-state index in [-0.39, 0.29) is 12.1 Å². The van der Waals surface area contributed by atoms with Crippen molar-refractivity contribution in [2.75, 3.05) is 0 Å². The van der Waals surface area contributed by atoms with Gasteiger partial charge in [-0.2, -0.15) is 5.10 Å². The van der Waals surface area contributed by atoms with E-state index in [1.165, 1.54) is 11.1 Å². The van der Waals surface area contributed by atoms with Gasteiger partial charge >= 0.3 is 0 Å². The highest BCUT2D eigenvalue weighted by Gasteiger charge is 2.21. The van der Waals surface area contributed by atoms with Crippen molar-refractivity contribution in [3.63, 3.8) is 0 Å². The van der Waals surface area contributed by atoms with Gasteiger partial charge in [-0.05, 0) is 34.8 Å². The van der Waals surface area contributed by atoms with E-state index < -0.39 is 0 Å². The Morgan fingerprint density at radius 3 is 2.78 bits per heavy atom. The Morgan fingerprint density at radius 1 is 1.44 bits per heavy atom. The third kappa shape index (κ3) is 2.82. The van der Waals surface area contributed by atoms with Crippen LogP contribution in [0.5, 0.6) is 0 Å². The Morgan fingerprint density at radius 2 is 2.22 bits per heavy atom. The minimum absolute atomic E-state index is 0.0543. The lowest BCUT2D eigenvalue weighted by atomic mass is 9.97. The molecule has 0 aliphatic rings. The average Bonchev–Trinajstić information content (AvgIpc) is 2.76. The van der Waals surface area contributed by atoms with Crippen LogP contribution in [0.25, 0.3) is 0 Å². The second kappa shape index (κ2) is 5.67. The van der Waals surface area contributed by atoms with Crippen LogP contribution in [0.15, 0.2) is 41.1 Å². The molecule has 0 amide bonds. The Bertz CT molecular complexity index is 521. The lowest BCUT2D eigenvalue weighted by Crippen LogP contribution is -2.32. The van der Waals surface area contributed by atoms with E-state index in [4.69, 9.17) is 5.73 Å². The number of nitrogens with zero attached hydrogens (tertiary/aromatic N) is 2. The van der Waals surface area contributed by atoms with E-state index >= 15 is 0 Å². The molecule has 0 saturated heterocycles. The summed E-state index contributed by atoms with van der Waals surface area (Å²) in [5, 5.41) is 4.38. The number of rotatable bonds is 4. The van der Waals surface area contributed by atoms with Crippen molar-refractivity contribution in [3.05, 3.63) is 52.3 Å². The van der Waals surface area contributed by atoms with Gasteiger partial charge in [0.05, 0.1) is 16.7 Å². The van der Waals surface area contributed by atoms with Crippen LogP contribution in [-0.2, 0) is 0 Å². The summed E-state index contributed by atoms with van der Waals surface area (Å²) in [5.41, 5.74) is 8.72. The molecule has 0 bridgehead atoms. The van der Waals surface area contributed by atoms with E-state index in [2.05, 4.69) is 59.1 Å². The lowest BCUT2D eigenvalue weighted by molar-refractivity contribution is 0.424. The van der Waals surface area contributed by atoms with Gasteiger partial charge in [0, 0.05) is 12.2 Å². The molecule has 2 aromatic rings. The predicted octanol–water partition coefficient (Wildman–Crippen LogP) is 3.28. The molecular weight excluding hydrogens is 290 g/mol. The highest BCUT2D eigenvalue weighted by atomic mass is 79.9. The van der Waals surface area contributed by atoms with Gasteiger partial charge in [0.25, 0.3) is 0 Å². The van der Waals surface area contributed by atoms with Crippen molar-refractivity contribution < 1.29 is 0 Å². The van der Waals surface area contributed by atoms with Crippen molar-refractivity contribution in [3.8, 4) is 0 Å². The molecule has 2 N–H and O–H groups in total. The molecule has 2 rings (SSSR count).